The molecule has 5 heteroatoms. The minimum Gasteiger partial charge on any atom is -0.496 e. The van der Waals surface area contributed by atoms with Gasteiger partial charge in [-0.2, -0.15) is 0 Å². The molecule has 0 N–H and O–H groups in total. The van der Waals surface area contributed by atoms with Gasteiger partial charge in [0.25, 0.3) is 5.91 Å². The number of benzene rings is 1. The Balaban J connectivity index is 1.77. The number of aryl methyl sites for hydroxylation is 1. The normalized spacial score (nSPS) is 17.7. The van der Waals surface area contributed by atoms with E-state index in [9.17, 15) is 4.79 Å². The Morgan fingerprint density at radius 1 is 1.45 bits per heavy atom. The van der Waals surface area contributed by atoms with Crippen molar-refractivity contribution in [2.24, 2.45) is 0 Å². The number of carbonyl (C=O) groups excluding carboxylic acids is 1. The molecule has 2 heterocycles. The Hall–Kier alpha value is -2.30. The van der Waals surface area contributed by atoms with Crippen molar-refractivity contribution in [2.75, 3.05) is 13.7 Å². The van der Waals surface area contributed by atoms with Crippen LogP contribution < -0.4 is 4.74 Å². The Labute approximate surface area is 129 Å². The summed E-state index contributed by atoms with van der Waals surface area (Å²) in [6, 6.07) is 9.83. The molecule has 1 saturated heterocycles. The minimum absolute atomic E-state index is 0.0713. The summed E-state index contributed by atoms with van der Waals surface area (Å²) in [6.07, 6.45) is 2.80. The standard InChI is InChI=1S/C17H20N2O3/c1-12-10-16(22-18-12)17(20)19-9-5-7-14(19)11-13-6-3-4-8-15(13)21-2/h3-4,6,8,10,14H,5,7,9,11H2,1-2H3. The minimum atomic E-state index is -0.0713. The molecule has 0 saturated carbocycles. The zero-order chi connectivity index (χ0) is 15.5. The van der Waals surface area contributed by atoms with E-state index in [2.05, 4.69) is 11.2 Å². The number of ether oxygens (including phenoxy) is 1. The lowest BCUT2D eigenvalue weighted by molar-refractivity contribution is 0.0693. The van der Waals surface area contributed by atoms with E-state index in [0.717, 1.165) is 42.8 Å². The lowest BCUT2D eigenvalue weighted by Gasteiger charge is -2.24. The third kappa shape index (κ3) is 2.84. The number of hydrogen-bond acceptors (Lipinski definition) is 4. The van der Waals surface area contributed by atoms with Crippen LogP contribution in [0.3, 0.4) is 0 Å². The van der Waals surface area contributed by atoms with Gasteiger partial charge in [0.2, 0.25) is 5.76 Å². The highest BCUT2D eigenvalue weighted by molar-refractivity contribution is 5.91. The van der Waals surface area contributed by atoms with Crippen molar-refractivity contribution >= 4 is 5.91 Å². The SMILES string of the molecule is COc1ccccc1CC1CCCN1C(=O)c1cc(C)no1. The molecule has 1 fully saturated rings. The molecule has 1 atom stereocenters. The van der Waals surface area contributed by atoms with Crippen LogP contribution in [0.25, 0.3) is 0 Å². The molecule has 116 valence electrons. The number of para-hydroxylation sites is 1. The fraction of sp³-hybridized carbons (Fsp3) is 0.412. The Kier molecular flexibility index (Phi) is 4.13. The van der Waals surface area contributed by atoms with Crippen molar-refractivity contribution in [3.05, 3.63) is 47.3 Å². The predicted octanol–water partition coefficient (Wildman–Crippen LogP) is 2.84. The Morgan fingerprint density at radius 2 is 2.27 bits per heavy atom. The summed E-state index contributed by atoms with van der Waals surface area (Å²) in [4.78, 5) is 14.5. The first-order valence-electron chi connectivity index (χ1n) is 7.55. The number of amides is 1. The van der Waals surface area contributed by atoms with Gasteiger partial charge in [-0.05, 0) is 37.8 Å². The van der Waals surface area contributed by atoms with Crippen molar-refractivity contribution in [3.63, 3.8) is 0 Å². The van der Waals surface area contributed by atoms with Crippen LogP contribution in [0, 0.1) is 6.92 Å². The second kappa shape index (κ2) is 6.22. The summed E-state index contributed by atoms with van der Waals surface area (Å²) in [5, 5.41) is 3.80. The Bertz CT molecular complexity index is 665. The number of carbonyl (C=O) groups is 1. The molecule has 1 aliphatic heterocycles. The monoisotopic (exact) mass is 300 g/mol. The summed E-state index contributed by atoms with van der Waals surface area (Å²) < 4.78 is 10.5. The number of aromatic nitrogens is 1. The van der Waals surface area contributed by atoms with Crippen LogP contribution in [0.5, 0.6) is 5.75 Å². The number of nitrogens with zero attached hydrogens (tertiary/aromatic N) is 2. The van der Waals surface area contributed by atoms with E-state index < -0.39 is 0 Å². The van der Waals surface area contributed by atoms with Crippen molar-refractivity contribution in [1.29, 1.82) is 0 Å². The summed E-state index contributed by atoms with van der Waals surface area (Å²) in [6.45, 7) is 2.58. The van der Waals surface area contributed by atoms with Crippen molar-refractivity contribution < 1.29 is 14.1 Å². The molecule has 22 heavy (non-hydrogen) atoms. The molecule has 3 rings (SSSR count). The molecule has 1 aliphatic rings. The van der Waals surface area contributed by atoms with Gasteiger partial charge in [-0.15, -0.1) is 0 Å². The largest absolute Gasteiger partial charge is 0.496 e. The van der Waals surface area contributed by atoms with Gasteiger partial charge >= 0.3 is 0 Å². The molecule has 0 bridgehead atoms. The number of likely N-dealkylation sites (tertiary alicyclic amines) is 1. The van der Waals surface area contributed by atoms with Crippen LogP contribution in [0.15, 0.2) is 34.9 Å². The Morgan fingerprint density at radius 3 is 3.00 bits per heavy atom. The van der Waals surface area contributed by atoms with E-state index in [1.165, 1.54) is 0 Å². The van der Waals surface area contributed by atoms with Gasteiger partial charge in [0.05, 0.1) is 12.8 Å². The van der Waals surface area contributed by atoms with E-state index in [1.807, 2.05) is 30.0 Å². The van der Waals surface area contributed by atoms with E-state index in [-0.39, 0.29) is 11.9 Å². The predicted molar refractivity (Wildman–Crippen MR) is 82.0 cm³/mol. The van der Waals surface area contributed by atoms with Crippen LogP contribution in [0.2, 0.25) is 0 Å². The highest BCUT2D eigenvalue weighted by atomic mass is 16.5. The highest BCUT2D eigenvalue weighted by Crippen LogP contribution is 2.27. The topological polar surface area (TPSA) is 55.6 Å². The van der Waals surface area contributed by atoms with Gasteiger partial charge in [0, 0.05) is 18.7 Å². The van der Waals surface area contributed by atoms with Gasteiger partial charge < -0.3 is 14.2 Å². The van der Waals surface area contributed by atoms with Crippen LogP contribution in [-0.2, 0) is 6.42 Å². The van der Waals surface area contributed by atoms with Gasteiger partial charge in [-0.25, -0.2) is 0 Å². The summed E-state index contributed by atoms with van der Waals surface area (Å²) in [5.74, 6) is 1.12. The van der Waals surface area contributed by atoms with Crippen molar-refractivity contribution in [1.82, 2.24) is 10.1 Å². The van der Waals surface area contributed by atoms with E-state index in [1.54, 1.807) is 13.2 Å². The van der Waals surface area contributed by atoms with Crippen LogP contribution in [0.4, 0.5) is 0 Å². The molecule has 1 aromatic carbocycles. The molecule has 0 radical (unpaired) electrons. The van der Waals surface area contributed by atoms with Gasteiger partial charge in [-0.1, -0.05) is 23.4 Å². The fourth-order valence-corrected chi connectivity index (χ4v) is 3.05. The maximum Gasteiger partial charge on any atom is 0.292 e. The first-order valence-corrected chi connectivity index (χ1v) is 7.55. The zero-order valence-corrected chi connectivity index (χ0v) is 12.9. The molecule has 5 nitrogen and oxygen atoms in total. The molecule has 1 unspecified atom stereocenters. The van der Waals surface area contributed by atoms with E-state index in [4.69, 9.17) is 9.26 Å². The van der Waals surface area contributed by atoms with Gasteiger partial charge in [0.15, 0.2) is 0 Å². The lowest BCUT2D eigenvalue weighted by Crippen LogP contribution is -2.36. The number of rotatable bonds is 4. The summed E-state index contributed by atoms with van der Waals surface area (Å²) in [7, 11) is 1.67. The molecule has 1 aromatic heterocycles. The summed E-state index contributed by atoms with van der Waals surface area (Å²) in [5.41, 5.74) is 1.85. The number of methoxy groups -OCH3 is 1. The first-order chi connectivity index (χ1) is 10.7. The maximum absolute atomic E-state index is 12.6. The van der Waals surface area contributed by atoms with E-state index >= 15 is 0 Å². The van der Waals surface area contributed by atoms with Crippen molar-refractivity contribution in [3.8, 4) is 5.75 Å². The second-order valence-electron chi connectivity index (χ2n) is 5.64. The highest BCUT2D eigenvalue weighted by Gasteiger charge is 2.31. The first kappa shape index (κ1) is 14.6. The maximum atomic E-state index is 12.6. The molecular formula is C17H20N2O3. The molecule has 0 aliphatic carbocycles. The molecular weight excluding hydrogens is 280 g/mol. The molecule has 1 amide bonds. The van der Waals surface area contributed by atoms with Crippen LogP contribution in [0.1, 0.15) is 34.7 Å². The van der Waals surface area contributed by atoms with E-state index in [0.29, 0.717) is 5.76 Å². The van der Waals surface area contributed by atoms with Gasteiger partial charge in [-0.3, -0.25) is 4.79 Å². The fourth-order valence-electron chi connectivity index (χ4n) is 3.05. The quantitative estimate of drug-likeness (QED) is 0.871. The second-order valence-corrected chi connectivity index (χ2v) is 5.64. The van der Waals surface area contributed by atoms with Crippen LogP contribution in [-0.4, -0.2) is 35.7 Å². The zero-order valence-electron chi connectivity index (χ0n) is 12.9. The average molecular weight is 300 g/mol. The third-order valence-corrected chi connectivity index (χ3v) is 4.12. The van der Waals surface area contributed by atoms with Crippen molar-refractivity contribution in [2.45, 2.75) is 32.2 Å². The average Bonchev–Trinajstić information content (AvgIpc) is 3.16. The third-order valence-electron chi connectivity index (χ3n) is 4.12. The summed E-state index contributed by atoms with van der Waals surface area (Å²) >= 11 is 0. The van der Waals surface area contributed by atoms with Crippen LogP contribution >= 0.6 is 0 Å². The molecule has 2 aromatic rings. The molecule has 0 spiro atoms. The lowest BCUT2D eigenvalue weighted by atomic mass is 10.0. The smallest absolute Gasteiger partial charge is 0.292 e. The number of hydrogen-bond donors (Lipinski definition) is 0. The van der Waals surface area contributed by atoms with Gasteiger partial charge in [0.1, 0.15) is 5.75 Å².